The van der Waals surface area contributed by atoms with Crippen molar-refractivity contribution < 1.29 is 18.0 Å². The molecule has 0 bridgehead atoms. The van der Waals surface area contributed by atoms with E-state index in [-0.39, 0.29) is 22.5 Å². The summed E-state index contributed by atoms with van der Waals surface area (Å²) in [5.41, 5.74) is 1.00. The highest BCUT2D eigenvalue weighted by atomic mass is 32.2. The molecule has 3 heterocycles. The number of hydrogen-bond acceptors (Lipinski definition) is 10. The maximum atomic E-state index is 13.1. The van der Waals surface area contributed by atoms with E-state index in [9.17, 15) is 13.2 Å². The zero-order valence-corrected chi connectivity index (χ0v) is 18.6. The molecule has 1 amide bonds. The smallest absolute Gasteiger partial charge is 0.280 e. The van der Waals surface area contributed by atoms with Crippen LogP contribution in [0.3, 0.4) is 0 Å². The van der Waals surface area contributed by atoms with Crippen LogP contribution in [0.15, 0.2) is 59.0 Å². The van der Waals surface area contributed by atoms with E-state index in [0.717, 1.165) is 0 Å². The lowest BCUT2D eigenvalue weighted by Gasteiger charge is -2.08. The third-order valence-corrected chi connectivity index (χ3v) is 8.02. The minimum Gasteiger partial charge on any atom is -0.387 e. The van der Waals surface area contributed by atoms with Gasteiger partial charge in [0, 0.05) is 11.8 Å². The molecular weight excluding hydrogens is 466 g/mol. The molecular formula is C20H17N7O4S2. The molecule has 13 heteroatoms. The fourth-order valence-electron chi connectivity index (χ4n) is 3.04. The fourth-order valence-corrected chi connectivity index (χ4v) is 5.50. The van der Waals surface area contributed by atoms with Gasteiger partial charge in [0.25, 0.3) is 5.91 Å². The Labute approximate surface area is 191 Å². The van der Waals surface area contributed by atoms with Crippen molar-refractivity contribution in [2.24, 2.45) is 5.16 Å². The Kier molecular flexibility index (Phi) is 5.56. The summed E-state index contributed by atoms with van der Waals surface area (Å²) < 4.78 is 25.0. The van der Waals surface area contributed by atoms with Crippen molar-refractivity contribution in [3.63, 3.8) is 0 Å². The molecule has 0 spiro atoms. The van der Waals surface area contributed by atoms with E-state index < -0.39 is 15.7 Å². The summed E-state index contributed by atoms with van der Waals surface area (Å²) in [6, 6.07) is 9.57. The first-order valence-corrected chi connectivity index (χ1v) is 12.3. The molecule has 0 saturated heterocycles. The second-order valence-electron chi connectivity index (χ2n) is 7.22. The molecule has 4 aromatic rings. The fraction of sp³-hybridized carbons (Fsp3) is 0.200. The summed E-state index contributed by atoms with van der Waals surface area (Å²) in [5.74, 6) is -0.133. The summed E-state index contributed by atoms with van der Waals surface area (Å²) in [7, 11) is -3.34. The monoisotopic (exact) mass is 483 g/mol. The van der Waals surface area contributed by atoms with E-state index in [2.05, 4.69) is 35.6 Å². The van der Waals surface area contributed by atoms with Crippen molar-refractivity contribution in [2.75, 3.05) is 5.32 Å². The SMILES string of the molecule is O=C(Nc1nc2cccnc2s1)/C(=N/OCc1nnc[nH]1)c1ccc(S(=O)(=O)C2CC2)cc1. The van der Waals surface area contributed by atoms with E-state index in [1.807, 2.05) is 0 Å². The molecule has 11 nitrogen and oxygen atoms in total. The Balaban J connectivity index is 1.41. The zero-order valence-electron chi connectivity index (χ0n) is 17.0. The van der Waals surface area contributed by atoms with E-state index in [1.165, 1.54) is 41.9 Å². The molecule has 0 aliphatic heterocycles. The average Bonchev–Trinajstić information content (AvgIpc) is 3.41. The highest BCUT2D eigenvalue weighted by molar-refractivity contribution is 7.92. The molecule has 5 rings (SSSR count). The van der Waals surface area contributed by atoms with E-state index in [1.54, 1.807) is 18.3 Å². The number of oxime groups is 1. The van der Waals surface area contributed by atoms with E-state index >= 15 is 0 Å². The highest BCUT2D eigenvalue weighted by Crippen LogP contribution is 2.33. The van der Waals surface area contributed by atoms with Crippen LogP contribution in [-0.2, 0) is 26.1 Å². The number of amides is 1. The summed E-state index contributed by atoms with van der Waals surface area (Å²) in [4.78, 5) is 30.6. The van der Waals surface area contributed by atoms with Gasteiger partial charge in [-0.05, 0) is 37.1 Å². The molecule has 168 valence electrons. The molecule has 1 aliphatic rings. The van der Waals surface area contributed by atoms with Gasteiger partial charge in [-0.3, -0.25) is 10.1 Å². The topological polar surface area (TPSA) is 152 Å². The van der Waals surface area contributed by atoms with Crippen molar-refractivity contribution in [2.45, 2.75) is 29.6 Å². The van der Waals surface area contributed by atoms with Crippen molar-refractivity contribution in [1.82, 2.24) is 25.1 Å². The molecule has 0 unspecified atom stereocenters. The standard InChI is InChI=1S/C20H17N7O4S2/c28-18(25-20-24-15-2-1-9-21-19(15)32-20)17(27-31-10-16-22-11-23-26-16)12-3-5-13(6-4-12)33(29,30)14-7-8-14/h1-6,9,11,14H,7-8,10H2,(H,22,23,26)(H,24,25,28)/b27-17+. The minimum absolute atomic E-state index is 0.0318. The number of benzene rings is 1. The molecule has 0 atom stereocenters. The van der Waals surface area contributed by atoms with Crippen LogP contribution < -0.4 is 5.32 Å². The number of carbonyl (C=O) groups is 1. The van der Waals surface area contributed by atoms with Gasteiger partial charge in [0.2, 0.25) is 0 Å². The van der Waals surface area contributed by atoms with Crippen LogP contribution in [0.5, 0.6) is 0 Å². The predicted molar refractivity (Wildman–Crippen MR) is 120 cm³/mol. The number of aromatic nitrogens is 5. The van der Waals surface area contributed by atoms with Crippen LogP contribution in [-0.4, -0.2) is 50.4 Å². The average molecular weight is 484 g/mol. The van der Waals surface area contributed by atoms with Gasteiger partial charge in [0.15, 0.2) is 33.1 Å². The number of rotatable bonds is 8. The Hall–Kier alpha value is -3.71. The van der Waals surface area contributed by atoms with Crippen molar-refractivity contribution >= 4 is 48.3 Å². The molecule has 1 aliphatic carbocycles. The number of carbonyl (C=O) groups excluding carboxylic acids is 1. The lowest BCUT2D eigenvalue weighted by molar-refractivity contribution is -0.110. The molecule has 0 radical (unpaired) electrons. The van der Waals surface area contributed by atoms with Gasteiger partial charge in [-0.15, -0.1) is 10.2 Å². The number of anilines is 1. The van der Waals surface area contributed by atoms with Crippen molar-refractivity contribution in [3.05, 3.63) is 60.3 Å². The quantitative estimate of drug-likeness (QED) is 0.286. The Morgan fingerprint density at radius 3 is 2.76 bits per heavy atom. The Morgan fingerprint density at radius 2 is 2.06 bits per heavy atom. The highest BCUT2D eigenvalue weighted by Gasteiger charge is 2.36. The van der Waals surface area contributed by atoms with Gasteiger partial charge in [-0.25, -0.2) is 18.4 Å². The molecule has 1 aromatic carbocycles. The molecule has 2 N–H and O–H groups in total. The van der Waals surface area contributed by atoms with E-state index in [0.29, 0.717) is 39.7 Å². The number of thiazole rings is 1. The van der Waals surface area contributed by atoms with Crippen molar-refractivity contribution in [1.29, 1.82) is 0 Å². The van der Waals surface area contributed by atoms with Crippen LogP contribution in [0.2, 0.25) is 0 Å². The number of hydrogen-bond donors (Lipinski definition) is 2. The number of fused-ring (bicyclic) bond motifs is 1. The summed E-state index contributed by atoms with van der Waals surface area (Å²) in [6.45, 7) is -0.0318. The third kappa shape index (κ3) is 4.59. The van der Waals surface area contributed by atoms with Crippen LogP contribution >= 0.6 is 11.3 Å². The second kappa shape index (κ2) is 8.67. The second-order valence-corrected chi connectivity index (χ2v) is 10.4. The number of nitrogens with zero attached hydrogens (tertiary/aromatic N) is 5. The van der Waals surface area contributed by atoms with Crippen LogP contribution in [0.1, 0.15) is 24.2 Å². The third-order valence-electron chi connectivity index (χ3n) is 4.85. The summed E-state index contributed by atoms with van der Waals surface area (Å²) in [6.07, 6.45) is 4.39. The number of nitrogens with one attached hydrogen (secondary N) is 2. The van der Waals surface area contributed by atoms with Gasteiger partial charge in [0.1, 0.15) is 16.7 Å². The van der Waals surface area contributed by atoms with Gasteiger partial charge in [-0.2, -0.15) is 0 Å². The van der Waals surface area contributed by atoms with Crippen LogP contribution in [0, 0.1) is 0 Å². The Morgan fingerprint density at radius 1 is 1.24 bits per heavy atom. The first-order chi connectivity index (χ1) is 16.0. The number of H-pyrrole nitrogens is 1. The van der Waals surface area contributed by atoms with Gasteiger partial charge in [-0.1, -0.05) is 28.6 Å². The summed E-state index contributed by atoms with van der Waals surface area (Å²) in [5, 5.41) is 14.2. The lowest BCUT2D eigenvalue weighted by atomic mass is 10.1. The molecule has 33 heavy (non-hydrogen) atoms. The number of aromatic amines is 1. The first-order valence-electron chi connectivity index (χ1n) is 9.93. The maximum absolute atomic E-state index is 13.1. The largest absolute Gasteiger partial charge is 0.387 e. The number of pyridine rings is 1. The van der Waals surface area contributed by atoms with E-state index in [4.69, 9.17) is 4.84 Å². The molecule has 1 fully saturated rings. The predicted octanol–water partition coefficient (Wildman–Crippen LogP) is 2.31. The summed E-state index contributed by atoms with van der Waals surface area (Å²) >= 11 is 1.22. The van der Waals surface area contributed by atoms with Gasteiger partial charge < -0.3 is 9.82 Å². The van der Waals surface area contributed by atoms with Gasteiger partial charge >= 0.3 is 0 Å². The van der Waals surface area contributed by atoms with Gasteiger partial charge in [0.05, 0.1) is 10.1 Å². The normalized spacial score (nSPS) is 14.4. The molecule has 3 aromatic heterocycles. The van der Waals surface area contributed by atoms with Crippen molar-refractivity contribution in [3.8, 4) is 0 Å². The minimum atomic E-state index is -3.34. The number of sulfone groups is 1. The maximum Gasteiger partial charge on any atom is 0.280 e. The zero-order chi connectivity index (χ0) is 22.8. The Bertz CT molecular complexity index is 1390. The van der Waals surface area contributed by atoms with Crippen LogP contribution in [0.25, 0.3) is 10.3 Å². The lowest BCUT2D eigenvalue weighted by Crippen LogP contribution is -2.24. The molecule has 1 saturated carbocycles. The van der Waals surface area contributed by atoms with Crippen LogP contribution in [0.4, 0.5) is 5.13 Å². The first kappa shape index (κ1) is 21.2.